The first kappa shape index (κ1) is 15.8. The van der Waals surface area contributed by atoms with Crippen molar-refractivity contribution in [2.75, 3.05) is 19.7 Å². The standard InChI is InChI=1S/C16H23NO4S/c1-3-13-10-17(11-14(4-2)21-13)22(18,19)15-7-5-6-12-8-9-20-16(12)15/h5-7,13-14H,3-4,8-11H2,1-2H3. The van der Waals surface area contributed by atoms with Gasteiger partial charge in [-0.1, -0.05) is 26.0 Å². The molecule has 1 saturated heterocycles. The summed E-state index contributed by atoms with van der Waals surface area (Å²) in [5, 5.41) is 0. The van der Waals surface area contributed by atoms with Gasteiger partial charge in [0, 0.05) is 19.5 Å². The van der Waals surface area contributed by atoms with Crippen LogP contribution in [0, 0.1) is 0 Å². The number of morpholine rings is 1. The third-order valence-electron chi connectivity index (χ3n) is 4.41. The van der Waals surface area contributed by atoms with Crippen LogP contribution in [0.2, 0.25) is 0 Å². The lowest BCUT2D eigenvalue weighted by molar-refractivity contribution is -0.0650. The van der Waals surface area contributed by atoms with Crippen molar-refractivity contribution in [1.82, 2.24) is 4.31 Å². The molecule has 1 fully saturated rings. The molecule has 6 heteroatoms. The molecule has 0 spiro atoms. The lowest BCUT2D eigenvalue weighted by Crippen LogP contribution is -2.49. The zero-order chi connectivity index (χ0) is 15.7. The Labute approximate surface area is 132 Å². The molecule has 0 amide bonds. The molecule has 122 valence electrons. The molecule has 2 heterocycles. The van der Waals surface area contributed by atoms with Gasteiger partial charge >= 0.3 is 0 Å². The smallest absolute Gasteiger partial charge is 0.246 e. The van der Waals surface area contributed by atoms with E-state index < -0.39 is 10.0 Å². The Bertz CT molecular complexity index is 632. The second-order valence-corrected chi connectivity index (χ2v) is 7.77. The summed E-state index contributed by atoms with van der Waals surface area (Å²) in [6.45, 7) is 5.44. The summed E-state index contributed by atoms with van der Waals surface area (Å²) < 4.78 is 39.2. The third-order valence-corrected chi connectivity index (χ3v) is 6.26. The van der Waals surface area contributed by atoms with E-state index in [0.29, 0.717) is 30.3 Å². The maximum Gasteiger partial charge on any atom is 0.246 e. The van der Waals surface area contributed by atoms with E-state index in [9.17, 15) is 8.42 Å². The van der Waals surface area contributed by atoms with Crippen LogP contribution in [0.1, 0.15) is 32.3 Å². The number of rotatable bonds is 4. The fourth-order valence-electron chi connectivity index (χ4n) is 3.06. The van der Waals surface area contributed by atoms with Crippen molar-refractivity contribution in [3.05, 3.63) is 23.8 Å². The molecule has 0 aliphatic carbocycles. The van der Waals surface area contributed by atoms with E-state index in [2.05, 4.69) is 0 Å². The van der Waals surface area contributed by atoms with Crippen LogP contribution in [0.3, 0.4) is 0 Å². The molecule has 5 nitrogen and oxygen atoms in total. The topological polar surface area (TPSA) is 55.8 Å². The number of hydrogen-bond acceptors (Lipinski definition) is 4. The van der Waals surface area contributed by atoms with Crippen LogP contribution in [0.15, 0.2) is 23.1 Å². The van der Waals surface area contributed by atoms with Crippen LogP contribution in [-0.4, -0.2) is 44.6 Å². The summed E-state index contributed by atoms with van der Waals surface area (Å²) in [5.41, 5.74) is 0.980. The summed E-state index contributed by atoms with van der Waals surface area (Å²) in [6, 6.07) is 5.39. The molecule has 2 unspecified atom stereocenters. The molecule has 2 aliphatic heterocycles. The van der Waals surface area contributed by atoms with Crippen LogP contribution in [-0.2, 0) is 21.2 Å². The average Bonchev–Trinajstić information content (AvgIpc) is 3.02. The number of hydrogen-bond donors (Lipinski definition) is 0. The number of benzene rings is 1. The quantitative estimate of drug-likeness (QED) is 0.851. The van der Waals surface area contributed by atoms with Crippen LogP contribution in [0.5, 0.6) is 5.75 Å². The summed E-state index contributed by atoms with van der Waals surface area (Å²) >= 11 is 0. The van der Waals surface area contributed by atoms with Gasteiger partial charge in [0.25, 0.3) is 0 Å². The Kier molecular flexibility index (Phi) is 4.43. The molecule has 0 N–H and O–H groups in total. The van der Waals surface area contributed by atoms with Crippen molar-refractivity contribution in [3.8, 4) is 5.75 Å². The summed E-state index contributed by atoms with van der Waals surface area (Å²) in [7, 11) is -3.54. The predicted octanol–water partition coefficient (Wildman–Crippen LogP) is 2.20. The van der Waals surface area contributed by atoms with Crippen LogP contribution in [0.4, 0.5) is 0 Å². The Morgan fingerprint density at radius 3 is 2.50 bits per heavy atom. The fraction of sp³-hybridized carbons (Fsp3) is 0.625. The molecule has 2 atom stereocenters. The minimum atomic E-state index is -3.54. The molecule has 0 radical (unpaired) electrons. The van der Waals surface area contributed by atoms with Crippen LogP contribution in [0.25, 0.3) is 0 Å². The molecular formula is C16H23NO4S. The van der Waals surface area contributed by atoms with Gasteiger partial charge < -0.3 is 9.47 Å². The number of sulfonamides is 1. The highest BCUT2D eigenvalue weighted by molar-refractivity contribution is 7.89. The van der Waals surface area contributed by atoms with Crippen LogP contribution < -0.4 is 4.74 Å². The van der Waals surface area contributed by atoms with E-state index in [0.717, 1.165) is 24.8 Å². The van der Waals surface area contributed by atoms with E-state index in [1.165, 1.54) is 0 Å². The third kappa shape index (κ3) is 2.75. The van der Waals surface area contributed by atoms with E-state index in [4.69, 9.17) is 9.47 Å². The highest BCUT2D eigenvalue weighted by Gasteiger charge is 2.36. The molecule has 3 rings (SSSR count). The Morgan fingerprint density at radius 2 is 1.86 bits per heavy atom. The number of ether oxygens (including phenoxy) is 2. The van der Waals surface area contributed by atoms with Crippen molar-refractivity contribution in [3.63, 3.8) is 0 Å². The van der Waals surface area contributed by atoms with Gasteiger partial charge in [0.15, 0.2) is 0 Å². The normalized spacial score (nSPS) is 25.7. The van der Waals surface area contributed by atoms with Gasteiger partial charge in [-0.2, -0.15) is 4.31 Å². The highest BCUT2D eigenvalue weighted by atomic mass is 32.2. The number of para-hydroxylation sites is 1. The van der Waals surface area contributed by atoms with E-state index in [1.54, 1.807) is 16.4 Å². The molecule has 1 aromatic carbocycles. The van der Waals surface area contributed by atoms with Gasteiger partial charge in [0.1, 0.15) is 10.6 Å². The Balaban J connectivity index is 1.94. The second kappa shape index (κ2) is 6.18. The van der Waals surface area contributed by atoms with E-state index in [-0.39, 0.29) is 12.2 Å². The number of fused-ring (bicyclic) bond motifs is 1. The van der Waals surface area contributed by atoms with Crippen LogP contribution >= 0.6 is 0 Å². The first-order valence-electron chi connectivity index (χ1n) is 7.96. The van der Waals surface area contributed by atoms with E-state index in [1.807, 2.05) is 19.9 Å². The largest absolute Gasteiger partial charge is 0.492 e. The van der Waals surface area contributed by atoms with Crippen molar-refractivity contribution in [2.24, 2.45) is 0 Å². The summed E-state index contributed by atoms with van der Waals surface area (Å²) in [6.07, 6.45) is 2.33. The van der Waals surface area contributed by atoms with Gasteiger partial charge in [0.05, 0.1) is 18.8 Å². The zero-order valence-corrected chi connectivity index (χ0v) is 13.9. The minimum Gasteiger partial charge on any atom is -0.492 e. The monoisotopic (exact) mass is 325 g/mol. The van der Waals surface area contributed by atoms with Crippen molar-refractivity contribution in [2.45, 2.75) is 50.2 Å². The molecule has 22 heavy (non-hydrogen) atoms. The number of nitrogens with zero attached hydrogens (tertiary/aromatic N) is 1. The summed E-state index contributed by atoms with van der Waals surface area (Å²) in [4.78, 5) is 0.300. The minimum absolute atomic E-state index is 0.0360. The van der Waals surface area contributed by atoms with Gasteiger partial charge in [0.2, 0.25) is 10.0 Å². The fourth-order valence-corrected chi connectivity index (χ4v) is 4.74. The Morgan fingerprint density at radius 1 is 1.18 bits per heavy atom. The predicted molar refractivity (Wildman–Crippen MR) is 83.6 cm³/mol. The van der Waals surface area contributed by atoms with Gasteiger partial charge in [-0.05, 0) is 24.5 Å². The SMILES string of the molecule is CCC1CN(S(=O)(=O)c2cccc3c2OCC3)CC(CC)O1. The maximum absolute atomic E-state index is 13.1. The highest BCUT2D eigenvalue weighted by Crippen LogP contribution is 2.35. The molecule has 0 bridgehead atoms. The Hall–Kier alpha value is -1.11. The molecule has 1 aromatic rings. The molecule has 2 aliphatic rings. The van der Waals surface area contributed by atoms with Crippen molar-refractivity contribution < 1.29 is 17.9 Å². The molecule has 0 aromatic heterocycles. The maximum atomic E-state index is 13.1. The zero-order valence-electron chi connectivity index (χ0n) is 13.1. The van der Waals surface area contributed by atoms with Gasteiger partial charge in [-0.3, -0.25) is 0 Å². The lowest BCUT2D eigenvalue weighted by atomic mass is 10.2. The average molecular weight is 325 g/mol. The summed E-state index contributed by atoms with van der Waals surface area (Å²) in [5.74, 6) is 0.537. The first-order valence-corrected chi connectivity index (χ1v) is 9.40. The van der Waals surface area contributed by atoms with Crippen molar-refractivity contribution >= 4 is 10.0 Å². The van der Waals surface area contributed by atoms with Crippen molar-refractivity contribution in [1.29, 1.82) is 0 Å². The van der Waals surface area contributed by atoms with Gasteiger partial charge in [-0.15, -0.1) is 0 Å². The van der Waals surface area contributed by atoms with Gasteiger partial charge in [-0.25, -0.2) is 8.42 Å². The molecular weight excluding hydrogens is 302 g/mol. The first-order chi connectivity index (χ1) is 10.6. The second-order valence-electron chi connectivity index (χ2n) is 5.86. The lowest BCUT2D eigenvalue weighted by Gasteiger charge is -2.36. The molecule has 0 saturated carbocycles. The van der Waals surface area contributed by atoms with E-state index >= 15 is 0 Å².